The predicted molar refractivity (Wildman–Crippen MR) is 85.0 cm³/mol. The van der Waals surface area contributed by atoms with E-state index in [9.17, 15) is 8.42 Å². The van der Waals surface area contributed by atoms with Gasteiger partial charge in [0.15, 0.2) is 0 Å². The van der Waals surface area contributed by atoms with Gasteiger partial charge >= 0.3 is 0 Å². The maximum absolute atomic E-state index is 12.4. The Hall–Kier alpha value is 0.180. The molecule has 7 heteroatoms. The highest BCUT2D eigenvalue weighted by molar-refractivity contribution is 7.99. The van der Waals surface area contributed by atoms with Crippen molar-refractivity contribution in [1.82, 2.24) is 9.03 Å². The quantitative estimate of drug-likeness (QED) is 0.770. The van der Waals surface area contributed by atoms with Crippen molar-refractivity contribution in [3.63, 3.8) is 0 Å². The molecule has 2 aliphatic rings. The van der Waals surface area contributed by atoms with Gasteiger partial charge in [-0.25, -0.2) is 0 Å². The predicted octanol–water partition coefficient (Wildman–Crippen LogP) is 1.17. The van der Waals surface area contributed by atoms with Crippen LogP contribution in [0.2, 0.25) is 0 Å². The van der Waals surface area contributed by atoms with Crippen molar-refractivity contribution < 1.29 is 8.42 Å². The number of piperidine rings is 1. The monoisotopic (exact) mass is 321 g/mol. The highest BCUT2D eigenvalue weighted by Gasteiger charge is 2.32. The third kappa shape index (κ3) is 4.34. The van der Waals surface area contributed by atoms with Crippen molar-refractivity contribution in [3.8, 4) is 0 Å². The molecule has 1 aliphatic carbocycles. The van der Waals surface area contributed by atoms with Crippen molar-refractivity contribution in [2.24, 2.45) is 11.7 Å². The molecule has 2 rings (SSSR count). The molecule has 1 heterocycles. The first kappa shape index (κ1) is 16.5. The maximum atomic E-state index is 12.4. The van der Waals surface area contributed by atoms with E-state index in [2.05, 4.69) is 11.6 Å². The molecule has 0 aromatic heterocycles. The van der Waals surface area contributed by atoms with Gasteiger partial charge in [-0.1, -0.05) is 6.92 Å². The van der Waals surface area contributed by atoms with Gasteiger partial charge in [-0.15, -0.1) is 0 Å². The van der Waals surface area contributed by atoms with Gasteiger partial charge in [0, 0.05) is 24.4 Å². The maximum Gasteiger partial charge on any atom is 0.279 e. The number of nitrogens with one attached hydrogen (secondary N) is 1. The average Bonchev–Trinajstić information content (AvgIpc) is 2.86. The van der Waals surface area contributed by atoms with E-state index in [4.69, 9.17) is 5.73 Å². The van der Waals surface area contributed by atoms with Crippen LogP contribution in [0.5, 0.6) is 0 Å². The molecule has 2 fully saturated rings. The van der Waals surface area contributed by atoms with Gasteiger partial charge in [0.1, 0.15) is 0 Å². The van der Waals surface area contributed by atoms with Crippen molar-refractivity contribution in [1.29, 1.82) is 0 Å². The van der Waals surface area contributed by atoms with E-state index < -0.39 is 10.2 Å². The Morgan fingerprint density at radius 3 is 2.55 bits per heavy atom. The summed E-state index contributed by atoms with van der Waals surface area (Å²) in [5.41, 5.74) is 5.65. The summed E-state index contributed by atoms with van der Waals surface area (Å²) >= 11 is 1.95. The van der Waals surface area contributed by atoms with Crippen LogP contribution in [0.15, 0.2) is 0 Å². The third-order valence-corrected chi connectivity index (χ3v) is 7.26. The van der Waals surface area contributed by atoms with Gasteiger partial charge in [0.05, 0.1) is 0 Å². The van der Waals surface area contributed by atoms with Crippen LogP contribution in [0.4, 0.5) is 0 Å². The summed E-state index contributed by atoms with van der Waals surface area (Å²) < 4.78 is 29.3. The SMILES string of the molecule is CCSC1CCC(NS(=O)(=O)N2CCC(CN)CC2)C1. The van der Waals surface area contributed by atoms with Crippen LogP contribution in [0.25, 0.3) is 0 Å². The molecule has 5 nitrogen and oxygen atoms in total. The number of nitrogens with zero attached hydrogens (tertiary/aromatic N) is 1. The highest BCUT2D eigenvalue weighted by Crippen LogP contribution is 2.30. The molecule has 118 valence electrons. The molecule has 3 N–H and O–H groups in total. The van der Waals surface area contributed by atoms with Gasteiger partial charge < -0.3 is 5.73 Å². The molecule has 0 spiro atoms. The summed E-state index contributed by atoms with van der Waals surface area (Å²) in [6.45, 7) is 4.04. The molecule has 1 saturated heterocycles. The molecule has 0 aromatic rings. The van der Waals surface area contributed by atoms with E-state index in [1.54, 1.807) is 4.31 Å². The van der Waals surface area contributed by atoms with E-state index >= 15 is 0 Å². The molecule has 0 radical (unpaired) electrons. The first-order chi connectivity index (χ1) is 9.55. The standard InChI is InChI=1S/C13H27N3O2S2/c1-2-19-13-4-3-12(9-13)15-20(17,18)16-7-5-11(10-14)6-8-16/h11-13,15H,2-10,14H2,1H3. The molecule has 0 bridgehead atoms. The van der Waals surface area contributed by atoms with Gasteiger partial charge in [0.2, 0.25) is 0 Å². The first-order valence-corrected chi connectivity index (χ1v) is 10.1. The summed E-state index contributed by atoms with van der Waals surface area (Å²) in [6, 6.07) is 0.122. The lowest BCUT2D eigenvalue weighted by molar-refractivity contribution is 0.274. The van der Waals surface area contributed by atoms with Gasteiger partial charge in [-0.05, 0) is 50.3 Å². The van der Waals surface area contributed by atoms with Crippen molar-refractivity contribution >= 4 is 22.0 Å². The lowest BCUT2D eigenvalue weighted by Crippen LogP contribution is -2.48. The molecular formula is C13H27N3O2S2. The van der Waals surface area contributed by atoms with E-state index in [0.29, 0.717) is 30.8 Å². The number of hydrogen-bond acceptors (Lipinski definition) is 4. The topological polar surface area (TPSA) is 75.4 Å². The minimum Gasteiger partial charge on any atom is -0.330 e. The Labute approximate surface area is 127 Å². The van der Waals surface area contributed by atoms with Crippen LogP contribution in [0.3, 0.4) is 0 Å². The molecule has 0 aromatic carbocycles. The fourth-order valence-electron chi connectivity index (χ4n) is 3.10. The second-order valence-electron chi connectivity index (χ2n) is 5.79. The molecule has 1 saturated carbocycles. The Bertz CT molecular complexity index is 394. The first-order valence-electron chi connectivity index (χ1n) is 7.64. The zero-order valence-corrected chi connectivity index (χ0v) is 13.9. The lowest BCUT2D eigenvalue weighted by atomic mass is 9.99. The molecule has 2 atom stereocenters. The minimum atomic E-state index is -3.30. The summed E-state index contributed by atoms with van der Waals surface area (Å²) in [5, 5.41) is 0.621. The number of rotatable bonds is 6. The van der Waals surface area contributed by atoms with Crippen LogP contribution >= 0.6 is 11.8 Å². The Morgan fingerprint density at radius 2 is 1.95 bits per heavy atom. The third-order valence-electron chi connectivity index (χ3n) is 4.35. The smallest absolute Gasteiger partial charge is 0.279 e. The Kier molecular flexibility index (Phi) is 6.16. The van der Waals surface area contributed by atoms with Crippen LogP contribution in [-0.4, -0.2) is 49.4 Å². The van der Waals surface area contributed by atoms with Crippen LogP contribution in [0, 0.1) is 5.92 Å². The number of thioether (sulfide) groups is 1. The van der Waals surface area contributed by atoms with Gasteiger partial charge in [0.25, 0.3) is 10.2 Å². The van der Waals surface area contributed by atoms with E-state index in [0.717, 1.165) is 37.9 Å². The van der Waals surface area contributed by atoms with Crippen LogP contribution in [-0.2, 0) is 10.2 Å². The second kappa shape index (κ2) is 7.45. The van der Waals surface area contributed by atoms with Crippen LogP contribution in [0.1, 0.15) is 39.0 Å². The fraction of sp³-hybridized carbons (Fsp3) is 1.00. The summed E-state index contributed by atoms with van der Waals surface area (Å²) in [6.07, 6.45) is 4.83. The summed E-state index contributed by atoms with van der Waals surface area (Å²) in [7, 11) is -3.30. The van der Waals surface area contributed by atoms with Gasteiger partial charge in [-0.2, -0.15) is 29.2 Å². The number of hydrogen-bond donors (Lipinski definition) is 2. The summed E-state index contributed by atoms with van der Waals surface area (Å²) in [4.78, 5) is 0. The normalized spacial score (nSPS) is 29.9. The minimum absolute atomic E-state index is 0.122. The number of nitrogens with two attached hydrogens (primary N) is 1. The molecule has 1 aliphatic heterocycles. The Morgan fingerprint density at radius 1 is 1.25 bits per heavy atom. The van der Waals surface area contributed by atoms with E-state index in [-0.39, 0.29) is 6.04 Å². The van der Waals surface area contributed by atoms with Crippen molar-refractivity contribution in [3.05, 3.63) is 0 Å². The van der Waals surface area contributed by atoms with Crippen molar-refractivity contribution in [2.75, 3.05) is 25.4 Å². The second-order valence-corrected chi connectivity index (χ2v) is 9.07. The molecule has 0 amide bonds. The summed E-state index contributed by atoms with van der Waals surface area (Å²) in [5.74, 6) is 1.59. The van der Waals surface area contributed by atoms with Crippen molar-refractivity contribution in [2.45, 2.75) is 50.3 Å². The Balaban J connectivity index is 1.83. The molecular weight excluding hydrogens is 294 g/mol. The van der Waals surface area contributed by atoms with Gasteiger partial charge in [-0.3, -0.25) is 0 Å². The van der Waals surface area contributed by atoms with E-state index in [1.165, 1.54) is 0 Å². The van der Waals surface area contributed by atoms with E-state index in [1.807, 2.05) is 11.8 Å². The largest absolute Gasteiger partial charge is 0.330 e. The average molecular weight is 322 g/mol. The molecule has 20 heavy (non-hydrogen) atoms. The molecule has 2 unspecified atom stereocenters. The zero-order valence-electron chi connectivity index (χ0n) is 12.3. The zero-order chi connectivity index (χ0) is 14.6. The fourth-order valence-corrected chi connectivity index (χ4v) is 5.72. The highest BCUT2D eigenvalue weighted by atomic mass is 32.2. The lowest BCUT2D eigenvalue weighted by Gasteiger charge is -2.31. The van der Waals surface area contributed by atoms with Crippen LogP contribution < -0.4 is 10.5 Å².